The van der Waals surface area contributed by atoms with Crippen LogP contribution >= 0.6 is 0 Å². The van der Waals surface area contributed by atoms with Crippen LogP contribution < -0.4 is 5.56 Å². The maximum absolute atomic E-state index is 12.4. The van der Waals surface area contributed by atoms with E-state index in [4.69, 9.17) is 4.52 Å². The second kappa shape index (κ2) is 6.24. The molecule has 3 rings (SSSR count). The Kier molecular flexibility index (Phi) is 4.15. The normalized spacial score (nSPS) is 12.3. The van der Waals surface area contributed by atoms with Crippen molar-refractivity contribution in [3.8, 4) is 11.1 Å². The first-order valence-electron chi connectivity index (χ1n) is 7.82. The molecule has 2 aromatic heterocycles. The van der Waals surface area contributed by atoms with Gasteiger partial charge in [0.2, 0.25) is 0 Å². The number of hydrogen-bond acceptors (Lipinski definition) is 3. The Morgan fingerprint density at radius 1 is 1.13 bits per heavy atom. The average Bonchev–Trinajstić information content (AvgIpc) is 2.90. The lowest BCUT2D eigenvalue weighted by Crippen LogP contribution is -2.24. The van der Waals surface area contributed by atoms with E-state index in [0.717, 1.165) is 34.6 Å². The molecule has 0 fully saturated rings. The Morgan fingerprint density at radius 2 is 1.87 bits per heavy atom. The Bertz CT molecular complexity index is 843. The van der Waals surface area contributed by atoms with E-state index in [-0.39, 0.29) is 11.6 Å². The molecule has 4 nitrogen and oxygen atoms in total. The predicted octanol–water partition coefficient (Wildman–Crippen LogP) is 4.12. The van der Waals surface area contributed by atoms with E-state index in [1.807, 2.05) is 44.3 Å². The minimum Gasteiger partial charge on any atom is -0.361 e. The van der Waals surface area contributed by atoms with E-state index in [0.29, 0.717) is 0 Å². The van der Waals surface area contributed by atoms with Crippen LogP contribution in [0.25, 0.3) is 11.1 Å². The van der Waals surface area contributed by atoms with E-state index in [9.17, 15) is 4.79 Å². The van der Waals surface area contributed by atoms with Gasteiger partial charge in [0.1, 0.15) is 5.76 Å². The minimum atomic E-state index is -0.00351. The summed E-state index contributed by atoms with van der Waals surface area (Å²) in [5.74, 6) is 0.764. The van der Waals surface area contributed by atoms with E-state index in [1.54, 1.807) is 10.6 Å². The molecule has 0 bridgehead atoms. The summed E-state index contributed by atoms with van der Waals surface area (Å²) >= 11 is 0. The van der Waals surface area contributed by atoms with Crippen LogP contribution in [0.5, 0.6) is 0 Å². The van der Waals surface area contributed by atoms with Crippen molar-refractivity contribution in [2.45, 2.75) is 33.2 Å². The van der Waals surface area contributed by atoms with E-state index < -0.39 is 0 Å². The fraction of sp³-hybridized carbons (Fsp3) is 0.263. The van der Waals surface area contributed by atoms with Crippen LogP contribution in [0.2, 0.25) is 0 Å². The van der Waals surface area contributed by atoms with Gasteiger partial charge in [0.15, 0.2) is 0 Å². The van der Waals surface area contributed by atoms with Gasteiger partial charge < -0.3 is 9.09 Å². The fourth-order valence-electron chi connectivity index (χ4n) is 3.06. The summed E-state index contributed by atoms with van der Waals surface area (Å²) in [6.07, 6.45) is 2.75. The third kappa shape index (κ3) is 2.84. The maximum atomic E-state index is 12.4. The molecule has 4 heteroatoms. The van der Waals surface area contributed by atoms with Crippen molar-refractivity contribution in [2.75, 3.05) is 0 Å². The Morgan fingerprint density at radius 3 is 2.48 bits per heavy atom. The molecule has 0 amide bonds. The Balaban J connectivity index is 2.13. The molecule has 1 aromatic carbocycles. The third-order valence-corrected chi connectivity index (χ3v) is 4.17. The van der Waals surface area contributed by atoms with E-state index in [1.165, 1.54) is 0 Å². The molecule has 0 saturated carbocycles. The third-order valence-electron chi connectivity index (χ3n) is 4.17. The van der Waals surface area contributed by atoms with Crippen molar-refractivity contribution in [1.82, 2.24) is 9.72 Å². The van der Waals surface area contributed by atoms with Crippen LogP contribution in [0.4, 0.5) is 0 Å². The summed E-state index contributed by atoms with van der Waals surface area (Å²) in [4.78, 5) is 12.4. The quantitative estimate of drug-likeness (QED) is 0.728. The zero-order valence-corrected chi connectivity index (χ0v) is 13.6. The van der Waals surface area contributed by atoms with Gasteiger partial charge in [-0.15, -0.1) is 0 Å². The highest BCUT2D eigenvalue weighted by Gasteiger charge is 2.16. The SMILES string of the molecule is CCC(c1ccccc1)n1cc(-c2c(C)noc2C)ccc1=O. The van der Waals surface area contributed by atoms with Gasteiger partial charge in [-0.25, -0.2) is 0 Å². The monoisotopic (exact) mass is 308 g/mol. The van der Waals surface area contributed by atoms with Gasteiger partial charge in [-0.3, -0.25) is 4.79 Å². The highest BCUT2D eigenvalue weighted by atomic mass is 16.5. The molecule has 1 unspecified atom stereocenters. The first kappa shape index (κ1) is 15.3. The lowest BCUT2D eigenvalue weighted by molar-refractivity contribution is 0.393. The smallest absolute Gasteiger partial charge is 0.251 e. The van der Waals surface area contributed by atoms with Crippen LogP contribution in [0.3, 0.4) is 0 Å². The summed E-state index contributed by atoms with van der Waals surface area (Å²) in [7, 11) is 0. The molecular formula is C19H20N2O2. The molecule has 1 atom stereocenters. The van der Waals surface area contributed by atoms with Gasteiger partial charge in [0.25, 0.3) is 5.56 Å². The number of aromatic nitrogens is 2. The van der Waals surface area contributed by atoms with Gasteiger partial charge in [0.05, 0.1) is 11.7 Å². The van der Waals surface area contributed by atoms with Gasteiger partial charge in [-0.05, 0) is 31.9 Å². The lowest BCUT2D eigenvalue weighted by Gasteiger charge is -2.19. The number of rotatable bonds is 4. The van der Waals surface area contributed by atoms with Crippen molar-refractivity contribution < 1.29 is 4.52 Å². The molecule has 23 heavy (non-hydrogen) atoms. The van der Waals surface area contributed by atoms with Crippen molar-refractivity contribution in [3.63, 3.8) is 0 Å². The summed E-state index contributed by atoms with van der Waals surface area (Å²) in [6, 6.07) is 13.6. The van der Waals surface area contributed by atoms with E-state index >= 15 is 0 Å². The molecule has 0 radical (unpaired) electrons. The molecule has 0 aliphatic heterocycles. The largest absolute Gasteiger partial charge is 0.361 e. The number of aryl methyl sites for hydroxylation is 2. The van der Waals surface area contributed by atoms with Crippen LogP contribution in [0.1, 0.15) is 36.4 Å². The Hall–Kier alpha value is -2.62. The summed E-state index contributed by atoms with van der Waals surface area (Å²) in [5, 5.41) is 4.01. The van der Waals surface area contributed by atoms with Crippen LogP contribution in [0, 0.1) is 13.8 Å². The topological polar surface area (TPSA) is 48.0 Å². The number of hydrogen-bond donors (Lipinski definition) is 0. The first-order chi connectivity index (χ1) is 11.1. The fourth-order valence-corrected chi connectivity index (χ4v) is 3.06. The second-order valence-corrected chi connectivity index (χ2v) is 5.70. The number of benzene rings is 1. The average molecular weight is 308 g/mol. The molecule has 118 valence electrons. The molecule has 0 aliphatic rings. The molecule has 0 aliphatic carbocycles. The van der Waals surface area contributed by atoms with Gasteiger partial charge in [-0.2, -0.15) is 0 Å². The van der Waals surface area contributed by atoms with Crippen LogP contribution in [-0.2, 0) is 0 Å². The molecule has 2 heterocycles. The maximum Gasteiger partial charge on any atom is 0.251 e. The zero-order valence-electron chi connectivity index (χ0n) is 13.6. The van der Waals surface area contributed by atoms with Crippen molar-refractivity contribution >= 4 is 0 Å². The number of nitrogens with zero attached hydrogens (tertiary/aromatic N) is 2. The highest BCUT2D eigenvalue weighted by Crippen LogP contribution is 2.28. The minimum absolute atomic E-state index is 0.00351. The van der Waals surface area contributed by atoms with Crippen molar-refractivity contribution in [3.05, 3.63) is 76.0 Å². The van der Waals surface area contributed by atoms with Crippen molar-refractivity contribution in [1.29, 1.82) is 0 Å². The predicted molar refractivity (Wildman–Crippen MR) is 90.5 cm³/mol. The van der Waals surface area contributed by atoms with Gasteiger partial charge >= 0.3 is 0 Å². The standard InChI is InChI=1S/C19H20N2O2/c1-4-17(15-8-6-5-7-9-15)21-12-16(10-11-18(21)22)19-13(2)20-23-14(19)3/h5-12,17H,4H2,1-3H3. The summed E-state index contributed by atoms with van der Waals surface area (Å²) in [5.41, 5.74) is 3.88. The van der Waals surface area contributed by atoms with Crippen LogP contribution in [-0.4, -0.2) is 9.72 Å². The lowest BCUT2D eigenvalue weighted by atomic mass is 10.0. The zero-order chi connectivity index (χ0) is 16.4. The molecule has 0 saturated heterocycles. The first-order valence-corrected chi connectivity index (χ1v) is 7.82. The van der Waals surface area contributed by atoms with Crippen LogP contribution in [0.15, 0.2) is 58.0 Å². The molecule has 0 spiro atoms. The van der Waals surface area contributed by atoms with Crippen molar-refractivity contribution in [2.24, 2.45) is 0 Å². The molecule has 3 aromatic rings. The van der Waals surface area contributed by atoms with Gasteiger partial charge in [-0.1, -0.05) is 42.4 Å². The van der Waals surface area contributed by atoms with Gasteiger partial charge in [0, 0.05) is 23.4 Å². The highest BCUT2D eigenvalue weighted by molar-refractivity contribution is 5.66. The number of pyridine rings is 1. The molecular weight excluding hydrogens is 288 g/mol. The summed E-state index contributed by atoms with van der Waals surface area (Å²) in [6.45, 7) is 5.89. The summed E-state index contributed by atoms with van der Waals surface area (Å²) < 4.78 is 7.06. The second-order valence-electron chi connectivity index (χ2n) is 5.70. The Labute approximate surface area is 135 Å². The molecule has 0 N–H and O–H groups in total. The van der Waals surface area contributed by atoms with E-state index in [2.05, 4.69) is 24.2 Å².